The molecule has 10 rings (SSSR count). The molecule has 4 heteroatoms. The van der Waals surface area contributed by atoms with Crippen LogP contribution in [-0.2, 0) is 44.8 Å². The van der Waals surface area contributed by atoms with E-state index in [0.29, 0.717) is 0 Å². The molecule has 0 N–H and O–H groups in total. The quantitative estimate of drug-likeness (QED) is 0.0616. The molecule has 0 saturated carbocycles. The molecule has 0 radical (unpaired) electrons. The molecule has 0 unspecified atom stereocenters. The molecule has 0 saturated heterocycles. The van der Waals surface area contributed by atoms with Crippen LogP contribution in [-0.4, -0.2) is 5.90 Å². The van der Waals surface area contributed by atoms with E-state index in [9.17, 15) is 0 Å². The first-order valence-electron chi connectivity index (χ1n) is 21.1. The van der Waals surface area contributed by atoms with Gasteiger partial charge in [0.25, 0.3) is 0 Å². The third-order valence-electron chi connectivity index (χ3n) is 11.1. The predicted octanol–water partition coefficient (Wildman–Crippen LogP) is 13.6. The SMILES string of the molecule is [Au+].[Au+].[C-]#Cc1cccc2c(-c3ccccc3)cccc12.[C-]#Cc1cccc2c(-c3ccccc3)cccc12.c1ccc([PH+](C[PH+](c2ccccc2)c2ccccc2)c2ccccc2)cc1. The molecule has 320 valence electrons. The molecule has 0 fully saturated rings. The van der Waals surface area contributed by atoms with E-state index < -0.39 is 15.8 Å². The van der Waals surface area contributed by atoms with Crippen molar-refractivity contribution in [1.82, 2.24) is 0 Å². The van der Waals surface area contributed by atoms with Gasteiger partial charge in [-0.3, -0.25) is 11.8 Å². The molecule has 0 aliphatic carbocycles. The van der Waals surface area contributed by atoms with Gasteiger partial charge in [-0.1, -0.05) is 205 Å². The van der Waals surface area contributed by atoms with Crippen molar-refractivity contribution in [2.24, 2.45) is 0 Å². The van der Waals surface area contributed by atoms with Crippen molar-refractivity contribution in [3.05, 3.63) is 279 Å². The van der Waals surface area contributed by atoms with E-state index in [4.69, 9.17) is 12.8 Å². The van der Waals surface area contributed by atoms with Crippen LogP contribution in [0.5, 0.6) is 0 Å². The van der Waals surface area contributed by atoms with Crippen LogP contribution in [0.3, 0.4) is 0 Å². The first-order chi connectivity index (χ1) is 31.2. The topological polar surface area (TPSA) is 0 Å². The molecule has 0 heterocycles. The van der Waals surface area contributed by atoms with E-state index in [1.54, 1.807) is 0 Å². The van der Waals surface area contributed by atoms with Crippen LogP contribution in [0.2, 0.25) is 0 Å². The van der Waals surface area contributed by atoms with Crippen molar-refractivity contribution in [2.75, 3.05) is 5.90 Å². The number of hydrogen-bond donors (Lipinski definition) is 0. The minimum absolute atomic E-state index is 0. The van der Waals surface area contributed by atoms with E-state index in [2.05, 4.69) is 182 Å². The second kappa shape index (κ2) is 25.0. The fraction of sp³-hybridized carbons (Fsp3) is 0.0164. The van der Waals surface area contributed by atoms with Crippen molar-refractivity contribution < 1.29 is 44.8 Å². The second-order valence-electron chi connectivity index (χ2n) is 15.0. The molecule has 0 atom stereocenters. The third kappa shape index (κ3) is 12.3. The van der Waals surface area contributed by atoms with Gasteiger partial charge in [0.15, 0.2) is 5.90 Å². The van der Waals surface area contributed by atoms with Gasteiger partial charge in [-0.05, 0) is 81.6 Å². The molecule has 0 amide bonds. The first-order valence-corrected chi connectivity index (χ1v) is 24.6. The Labute approximate surface area is 418 Å². The maximum Gasteiger partial charge on any atom is 1.00 e. The molecular formula is C61H46Au2P2+2. The minimum atomic E-state index is -0.847. The zero-order valence-electron chi connectivity index (χ0n) is 35.6. The van der Waals surface area contributed by atoms with E-state index in [1.165, 1.54) is 60.1 Å². The average molecular weight is 1230 g/mol. The van der Waals surface area contributed by atoms with Crippen LogP contribution in [0.15, 0.2) is 255 Å². The monoisotopic (exact) mass is 1230 g/mol. The van der Waals surface area contributed by atoms with Crippen LogP contribution in [0.1, 0.15) is 11.1 Å². The largest absolute Gasteiger partial charge is 1.00 e. The van der Waals surface area contributed by atoms with Crippen LogP contribution >= 0.6 is 15.8 Å². The van der Waals surface area contributed by atoms with Crippen LogP contribution < -0.4 is 21.2 Å². The maximum absolute atomic E-state index is 7.35. The number of benzene rings is 10. The molecule has 0 aromatic heterocycles. The second-order valence-corrected chi connectivity index (χ2v) is 20.6. The summed E-state index contributed by atoms with van der Waals surface area (Å²) in [4.78, 5) is 0. The number of hydrogen-bond acceptors (Lipinski definition) is 0. The Morgan fingerprint density at radius 2 is 0.538 bits per heavy atom. The van der Waals surface area contributed by atoms with Crippen molar-refractivity contribution >= 4 is 58.6 Å². The first kappa shape index (κ1) is 48.6. The Hall–Kier alpha value is -5.82. The summed E-state index contributed by atoms with van der Waals surface area (Å²) in [5, 5.41) is 10.5. The number of rotatable bonds is 8. The Kier molecular flexibility index (Phi) is 18.7. The van der Waals surface area contributed by atoms with Crippen molar-refractivity contribution in [3.8, 4) is 34.1 Å². The van der Waals surface area contributed by atoms with Gasteiger partial charge in [0.1, 0.15) is 37.1 Å². The normalized spacial score (nSPS) is 10.2. The fourth-order valence-electron chi connectivity index (χ4n) is 8.05. The van der Waals surface area contributed by atoms with Gasteiger partial charge in [-0.25, -0.2) is 0 Å². The molecule has 10 aromatic carbocycles. The zero-order chi connectivity index (χ0) is 43.1. The number of fused-ring (bicyclic) bond motifs is 2. The van der Waals surface area contributed by atoms with Crippen molar-refractivity contribution in [2.45, 2.75) is 0 Å². The standard InChI is InChI=1S/C25H22P2.2C18H11.2Au/c1-5-13-22(14-6-1)26(23-15-7-2-8-16-23)21-27(24-17-9-3-10-18-24)25-19-11-4-12-20-25;2*1-2-14-10-6-13-18-16(14)11-7-12-17(18)15-8-4-3-5-9-15;;/h1-20H,21H2;2*3-13H;;/q;2*-1;2*+1/p+2. The summed E-state index contributed by atoms with van der Waals surface area (Å²) >= 11 is 0. The molecule has 0 aliphatic rings. The molecular weight excluding hydrogens is 1190 g/mol. The van der Waals surface area contributed by atoms with Gasteiger partial charge in [-0.2, -0.15) is 0 Å². The molecule has 10 aromatic rings. The summed E-state index contributed by atoms with van der Waals surface area (Å²) in [6, 6.07) is 89.5. The Bertz CT molecular complexity index is 2800. The molecule has 0 nitrogen and oxygen atoms in total. The predicted molar refractivity (Wildman–Crippen MR) is 277 cm³/mol. The van der Waals surface area contributed by atoms with E-state index in [0.717, 1.165) is 21.9 Å². The molecule has 65 heavy (non-hydrogen) atoms. The molecule has 0 spiro atoms. The van der Waals surface area contributed by atoms with Crippen LogP contribution in [0, 0.1) is 24.7 Å². The van der Waals surface area contributed by atoms with Gasteiger partial charge >= 0.3 is 44.8 Å². The Morgan fingerprint density at radius 3 is 0.831 bits per heavy atom. The Balaban J connectivity index is 0.000000164. The van der Waals surface area contributed by atoms with E-state index >= 15 is 0 Å². The average Bonchev–Trinajstić information content (AvgIpc) is 3.38. The van der Waals surface area contributed by atoms with E-state index in [-0.39, 0.29) is 44.8 Å². The summed E-state index contributed by atoms with van der Waals surface area (Å²) < 4.78 is 0. The summed E-state index contributed by atoms with van der Waals surface area (Å²) in [6.07, 6.45) is 14.7. The summed E-state index contributed by atoms with van der Waals surface area (Å²) in [5.41, 5.74) is 6.47. The summed E-state index contributed by atoms with van der Waals surface area (Å²) in [6.45, 7) is 0. The van der Waals surface area contributed by atoms with E-state index in [1.807, 2.05) is 84.9 Å². The summed E-state index contributed by atoms with van der Waals surface area (Å²) in [7, 11) is -1.69. The summed E-state index contributed by atoms with van der Waals surface area (Å²) in [5.74, 6) is 6.24. The van der Waals surface area contributed by atoms with Crippen molar-refractivity contribution in [1.29, 1.82) is 0 Å². The van der Waals surface area contributed by atoms with Gasteiger partial charge in [0.05, 0.1) is 0 Å². The molecule has 0 bridgehead atoms. The van der Waals surface area contributed by atoms with Gasteiger partial charge in [0.2, 0.25) is 0 Å². The molecule has 0 aliphatic heterocycles. The zero-order valence-corrected chi connectivity index (χ0v) is 41.9. The van der Waals surface area contributed by atoms with Gasteiger partial charge in [-0.15, -0.1) is 23.3 Å². The van der Waals surface area contributed by atoms with Crippen LogP contribution in [0.4, 0.5) is 0 Å². The third-order valence-corrected chi connectivity index (χ3v) is 18.1. The fourth-order valence-corrected chi connectivity index (χ4v) is 15.8. The smallest absolute Gasteiger partial charge is 0.366 e. The van der Waals surface area contributed by atoms with Gasteiger partial charge < -0.3 is 12.8 Å². The Morgan fingerprint density at radius 1 is 0.277 bits per heavy atom. The van der Waals surface area contributed by atoms with Crippen molar-refractivity contribution in [3.63, 3.8) is 0 Å². The van der Waals surface area contributed by atoms with Gasteiger partial charge in [0, 0.05) is 0 Å². The minimum Gasteiger partial charge on any atom is -0.366 e. The maximum atomic E-state index is 7.35. The van der Waals surface area contributed by atoms with Crippen LogP contribution in [0.25, 0.3) is 43.8 Å².